The first-order valence-electron chi connectivity index (χ1n) is 6.25. The van der Waals surface area contributed by atoms with Gasteiger partial charge in [-0.25, -0.2) is 0 Å². The first-order chi connectivity index (χ1) is 10.1. The molecule has 1 unspecified atom stereocenters. The zero-order valence-electron chi connectivity index (χ0n) is 11.1. The number of carbonyl (C=O) groups excluding carboxylic acids is 1. The van der Waals surface area contributed by atoms with E-state index in [1.54, 1.807) is 6.07 Å². The highest BCUT2D eigenvalue weighted by Gasteiger charge is 2.20. The van der Waals surface area contributed by atoms with Gasteiger partial charge < -0.3 is 10.8 Å². The topological polar surface area (TPSA) is 93.3 Å². The van der Waals surface area contributed by atoms with Crippen LogP contribution in [0.15, 0.2) is 53.6 Å². The molecule has 0 saturated carbocycles. The molecule has 2 rings (SSSR count). The van der Waals surface area contributed by atoms with Crippen LogP contribution in [0.2, 0.25) is 0 Å². The number of carbonyl (C=O) groups is 2. The number of thioether (sulfide) groups is 1. The minimum atomic E-state index is -0.902. The Balaban J connectivity index is 2.15. The maximum absolute atomic E-state index is 11.4. The number of amides is 1. The Hall–Kier alpha value is -2.34. The van der Waals surface area contributed by atoms with Crippen LogP contribution in [-0.4, -0.2) is 27.2 Å². The molecule has 0 saturated heterocycles. The van der Waals surface area contributed by atoms with Gasteiger partial charge in [0.25, 0.3) is 5.91 Å². The van der Waals surface area contributed by atoms with Gasteiger partial charge in [-0.05, 0) is 24.1 Å². The van der Waals surface area contributed by atoms with Crippen LogP contribution in [-0.2, 0) is 11.2 Å². The number of carboxylic acids is 1. The zero-order valence-corrected chi connectivity index (χ0v) is 11.9. The maximum Gasteiger partial charge on any atom is 0.317 e. The molecule has 21 heavy (non-hydrogen) atoms. The smallest absolute Gasteiger partial charge is 0.317 e. The monoisotopic (exact) mass is 302 g/mol. The summed E-state index contributed by atoms with van der Waals surface area (Å²) in [5.74, 6) is -1.53. The molecule has 0 bridgehead atoms. The summed E-state index contributed by atoms with van der Waals surface area (Å²) in [7, 11) is 0. The number of hydrogen-bond acceptors (Lipinski definition) is 4. The lowest BCUT2D eigenvalue weighted by atomic mass is 10.1. The number of primary amides is 1. The van der Waals surface area contributed by atoms with E-state index in [1.165, 1.54) is 24.0 Å². The number of benzene rings is 1. The maximum atomic E-state index is 11.4. The highest BCUT2D eigenvalue weighted by Crippen LogP contribution is 2.26. The van der Waals surface area contributed by atoms with E-state index in [0.717, 1.165) is 5.56 Å². The summed E-state index contributed by atoms with van der Waals surface area (Å²) in [5, 5.41) is 8.70. The Morgan fingerprint density at radius 2 is 1.95 bits per heavy atom. The molecule has 6 heteroatoms. The van der Waals surface area contributed by atoms with Crippen molar-refractivity contribution in [1.82, 2.24) is 4.98 Å². The highest BCUT2D eigenvalue weighted by atomic mass is 32.2. The molecular weight excluding hydrogens is 288 g/mol. The lowest BCUT2D eigenvalue weighted by molar-refractivity contribution is -0.136. The summed E-state index contributed by atoms with van der Waals surface area (Å²) >= 11 is 1.18. The van der Waals surface area contributed by atoms with Crippen LogP contribution in [0, 0.1) is 0 Å². The van der Waals surface area contributed by atoms with Crippen molar-refractivity contribution in [2.75, 3.05) is 0 Å². The first kappa shape index (κ1) is 15.1. The third-order valence-corrected chi connectivity index (χ3v) is 3.98. The first-order valence-corrected chi connectivity index (χ1v) is 7.13. The second-order valence-corrected chi connectivity index (χ2v) is 5.65. The molecule has 108 valence electrons. The standard InChI is InChI=1S/C15H14N2O3S/c16-14(18)12-9-11(6-7-17-12)21-13(15(19)20)8-10-4-2-1-3-5-10/h1-7,9,13H,8H2,(H2,16,18)(H,19,20). The Morgan fingerprint density at radius 1 is 1.24 bits per heavy atom. The Kier molecular flexibility index (Phi) is 4.94. The molecule has 1 amide bonds. The second-order valence-electron chi connectivity index (χ2n) is 4.38. The molecule has 0 spiro atoms. The number of rotatable bonds is 6. The van der Waals surface area contributed by atoms with E-state index in [4.69, 9.17) is 5.73 Å². The zero-order chi connectivity index (χ0) is 15.2. The van der Waals surface area contributed by atoms with Crippen molar-refractivity contribution in [3.8, 4) is 0 Å². The number of hydrogen-bond donors (Lipinski definition) is 2. The minimum Gasteiger partial charge on any atom is -0.480 e. The van der Waals surface area contributed by atoms with Crippen LogP contribution >= 0.6 is 11.8 Å². The normalized spacial score (nSPS) is 11.8. The van der Waals surface area contributed by atoms with Crippen molar-refractivity contribution in [3.63, 3.8) is 0 Å². The Bertz CT molecular complexity index is 646. The SMILES string of the molecule is NC(=O)c1cc(SC(Cc2ccccc2)C(=O)O)ccn1. The number of aliphatic carboxylic acids is 1. The van der Waals surface area contributed by atoms with Crippen LogP contribution < -0.4 is 5.73 Å². The van der Waals surface area contributed by atoms with Gasteiger partial charge in [-0.2, -0.15) is 0 Å². The predicted molar refractivity (Wildman–Crippen MR) is 80.2 cm³/mol. The average Bonchev–Trinajstić information content (AvgIpc) is 2.48. The molecule has 0 aliphatic heterocycles. The van der Waals surface area contributed by atoms with Crippen molar-refractivity contribution in [3.05, 3.63) is 59.9 Å². The fourth-order valence-corrected chi connectivity index (χ4v) is 2.82. The van der Waals surface area contributed by atoms with Gasteiger partial charge in [0, 0.05) is 11.1 Å². The molecule has 0 aliphatic carbocycles. The highest BCUT2D eigenvalue weighted by molar-refractivity contribution is 8.00. The van der Waals surface area contributed by atoms with Crippen molar-refractivity contribution in [1.29, 1.82) is 0 Å². The van der Waals surface area contributed by atoms with Crippen molar-refractivity contribution >= 4 is 23.6 Å². The summed E-state index contributed by atoms with van der Waals surface area (Å²) < 4.78 is 0. The molecule has 0 radical (unpaired) electrons. The molecule has 0 aliphatic rings. The van der Waals surface area contributed by atoms with E-state index in [9.17, 15) is 14.7 Å². The van der Waals surface area contributed by atoms with E-state index < -0.39 is 17.1 Å². The van der Waals surface area contributed by atoms with Gasteiger partial charge in [-0.3, -0.25) is 14.6 Å². The number of nitrogens with two attached hydrogens (primary N) is 1. The third-order valence-electron chi connectivity index (χ3n) is 2.80. The van der Waals surface area contributed by atoms with Crippen LogP contribution in [0.25, 0.3) is 0 Å². The Morgan fingerprint density at radius 3 is 2.57 bits per heavy atom. The molecule has 1 heterocycles. The summed E-state index contributed by atoms with van der Waals surface area (Å²) in [6, 6.07) is 12.6. The molecule has 5 nitrogen and oxygen atoms in total. The fraction of sp³-hybridized carbons (Fsp3) is 0.133. The van der Waals surface area contributed by atoms with Crippen molar-refractivity contribution in [2.24, 2.45) is 5.73 Å². The molecule has 1 aromatic heterocycles. The lowest BCUT2D eigenvalue weighted by Crippen LogP contribution is -2.19. The largest absolute Gasteiger partial charge is 0.480 e. The van der Waals surface area contributed by atoms with Gasteiger partial charge in [-0.15, -0.1) is 11.8 Å². The van der Waals surface area contributed by atoms with Crippen molar-refractivity contribution in [2.45, 2.75) is 16.6 Å². The summed E-state index contributed by atoms with van der Waals surface area (Å²) in [4.78, 5) is 27.0. The quantitative estimate of drug-likeness (QED) is 0.796. The van der Waals surface area contributed by atoms with Gasteiger partial charge in [0.15, 0.2) is 0 Å². The summed E-state index contributed by atoms with van der Waals surface area (Å²) in [6.07, 6.45) is 1.85. The molecular formula is C15H14N2O3S. The fourth-order valence-electron chi connectivity index (χ4n) is 1.79. The van der Waals surface area contributed by atoms with Gasteiger partial charge in [-0.1, -0.05) is 30.3 Å². The number of aromatic nitrogens is 1. The Labute approximate surface area is 126 Å². The predicted octanol–water partition coefficient (Wildman–Crippen LogP) is 1.97. The molecule has 3 N–H and O–H groups in total. The van der Waals surface area contributed by atoms with Gasteiger partial charge in [0.05, 0.1) is 0 Å². The van der Waals surface area contributed by atoms with Crippen molar-refractivity contribution < 1.29 is 14.7 Å². The summed E-state index contributed by atoms with van der Waals surface area (Å²) in [6.45, 7) is 0. The minimum absolute atomic E-state index is 0.129. The third kappa shape index (κ3) is 4.32. The van der Waals surface area contributed by atoms with E-state index in [0.29, 0.717) is 11.3 Å². The molecule has 0 fully saturated rings. The number of pyridine rings is 1. The van der Waals surface area contributed by atoms with E-state index >= 15 is 0 Å². The van der Waals surface area contributed by atoms with E-state index in [-0.39, 0.29) is 5.69 Å². The van der Waals surface area contributed by atoms with Crippen LogP contribution in [0.5, 0.6) is 0 Å². The molecule has 2 aromatic rings. The number of nitrogens with zero attached hydrogens (tertiary/aromatic N) is 1. The molecule has 1 aromatic carbocycles. The van der Waals surface area contributed by atoms with Gasteiger partial charge in [0.2, 0.25) is 0 Å². The second kappa shape index (κ2) is 6.90. The number of carboxylic acid groups (broad SMARTS) is 1. The summed E-state index contributed by atoms with van der Waals surface area (Å²) in [5.41, 5.74) is 6.24. The van der Waals surface area contributed by atoms with Gasteiger partial charge >= 0.3 is 5.97 Å². The van der Waals surface area contributed by atoms with E-state index in [2.05, 4.69) is 4.98 Å². The lowest BCUT2D eigenvalue weighted by Gasteiger charge is -2.12. The average molecular weight is 302 g/mol. The molecule has 1 atom stereocenters. The van der Waals surface area contributed by atoms with Crippen LogP contribution in [0.4, 0.5) is 0 Å². The van der Waals surface area contributed by atoms with Gasteiger partial charge in [0.1, 0.15) is 10.9 Å². The van der Waals surface area contributed by atoms with Crippen LogP contribution in [0.1, 0.15) is 16.1 Å². The van der Waals surface area contributed by atoms with Crippen LogP contribution in [0.3, 0.4) is 0 Å². The van der Waals surface area contributed by atoms with E-state index in [1.807, 2.05) is 30.3 Å².